The molecule has 5 amide bonds. The SMILES string of the molecule is CC[C@H](C)[C@H](NC(=O)[C@H](Cc1c[nH]c2ccccc12)NC(=O)[C@H](CCCCN)NC(=O)[C@@H](NC(=O)[C@H](Cc1c[nH]c2ccccc12)NC(=O)[C@@H](N)CCCCN)[C@@H](C)CC)C(=O)O. The van der Waals surface area contributed by atoms with Crippen LogP contribution in [0.1, 0.15) is 90.2 Å². The Hall–Kier alpha value is -5.78. The van der Waals surface area contributed by atoms with E-state index in [0.29, 0.717) is 58.0 Å². The number of aliphatic carboxylic acids is 1. The number of para-hydroxylation sites is 2. The number of H-pyrrole nitrogens is 2. The zero-order chi connectivity index (χ0) is 46.1. The first kappa shape index (κ1) is 49.9. The number of hydrogen-bond donors (Lipinski definition) is 11. The maximum Gasteiger partial charge on any atom is 0.326 e. The van der Waals surface area contributed by atoms with Gasteiger partial charge in [-0.2, -0.15) is 0 Å². The van der Waals surface area contributed by atoms with Crippen LogP contribution >= 0.6 is 0 Å². The average Bonchev–Trinajstić information content (AvgIpc) is 3.89. The molecule has 0 aliphatic carbocycles. The first-order chi connectivity index (χ1) is 30.2. The normalized spacial score (nSPS) is 15.3. The predicted octanol–water partition coefficient (Wildman–Crippen LogP) is 2.62. The van der Waals surface area contributed by atoms with Crippen molar-refractivity contribution in [3.63, 3.8) is 0 Å². The standard InChI is InChI=1S/C46H68N10O7/c1-5-27(3)39(55-43(59)37(53-41(57)33(49)17-11-13-21-47)23-29-25-50-34-18-9-7-15-31(29)34)45(61)52-36(20-12-14-22-48)42(58)54-38(44(60)56-40(46(62)63)28(4)6-2)24-30-26-51-35-19-10-8-16-32(30)35/h7-10,15-16,18-19,25-28,33,36-40,50-51H,5-6,11-14,17,20-24,47-49H2,1-4H3,(H,52,61)(H,53,57)(H,54,58)(H,55,59)(H,56,60)(H,62,63)/t27-,28-,33-,36-,37-,38-,39-,40-/m0/s1. The van der Waals surface area contributed by atoms with Gasteiger partial charge in [-0.1, -0.05) is 83.4 Å². The van der Waals surface area contributed by atoms with Gasteiger partial charge in [-0.05, 0) is 80.3 Å². The molecule has 2 aromatic carbocycles. The van der Waals surface area contributed by atoms with E-state index >= 15 is 0 Å². The number of carboxylic acid groups (broad SMARTS) is 1. The van der Waals surface area contributed by atoms with Gasteiger partial charge >= 0.3 is 5.97 Å². The van der Waals surface area contributed by atoms with Crippen molar-refractivity contribution in [3.05, 3.63) is 72.1 Å². The monoisotopic (exact) mass is 873 g/mol. The third-order valence-corrected chi connectivity index (χ3v) is 11.9. The largest absolute Gasteiger partial charge is 0.480 e. The summed E-state index contributed by atoms with van der Waals surface area (Å²) >= 11 is 0. The zero-order valence-electron chi connectivity index (χ0n) is 37.0. The summed E-state index contributed by atoms with van der Waals surface area (Å²) in [5.74, 6) is -5.15. The molecule has 344 valence electrons. The summed E-state index contributed by atoms with van der Waals surface area (Å²) in [5, 5.41) is 25.7. The zero-order valence-corrected chi connectivity index (χ0v) is 37.0. The van der Waals surface area contributed by atoms with E-state index in [2.05, 4.69) is 36.6 Å². The van der Waals surface area contributed by atoms with E-state index in [4.69, 9.17) is 17.2 Å². The van der Waals surface area contributed by atoms with Crippen LogP contribution in [0.5, 0.6) is 0 Å². The van der Waals surface area contributed by atoms with Gasteiger partial charge in [0.05, 0.1) is 6.04 Å². The van der Waals surface area contributed by atoms with Crippen molar-refractivity contribution in [1.82, 2.24) is 36.6 Å². The molecule has 0 saturated carbocycles. The lowest BCUT2D eigenvalue weighted by Gasteiger charge is -2.29. The fourth-order valence-electron chi connectivity index (χ4n) is 7.57. The number of rotatable bonds is 27. The van der Waals surface area contributed by atoms with E-state index in [1.54, 1.807) is 26.2 Å². The van der Waals surface area contributed by atoms with Crippen LogP contribution in [0, 0.1) is 11.8 Å². The van der Waals surface area contributed by atoms with E-state index in [0.717, 1.165) is 32.9 Å². The van der Waals surface area contributed by atoms with E-state index < -0.39 is 83.6 Å². The second-order valence-corrected chi connectivity index (χ2v) is 16.6. The molecule has 0 saturated heterocycles. The van der Waals surface area contributed by atoms with Crippen LogP contribution in [0.4, 0.5) is 0 Å². The lowest BCUT2D eigenvalue weighted by molar-refractivity contribution is -0.143. The highest BCUT2D eigenvalue weighted by atomic mass is 16.4. The maximum atomic E-state index is 14.4. The summed E-state index contributed by atoms with van der Waals surface area (Å²) in [7, 11) is 0. The molecule has 0 radical (unpaired) electrons. The summed E-state index contributed by atoms with van der Waals surface area (Å²) < 4.78 is 0. The van der Waals surface area contributed by atoms with Gasteiger partial charge < -0.3 is 58.9 Å². The highest BCUT2D eigenvalue weighted by Gasteiger charge is 2.35. The van der Waals surface area contributed by atoms with Crippen LogP contribution in [0.15, 0.2) is 60.9 Å². The van der Waals surface area contributed by atoms with Gasteiger partial charge in [0.2, 0.25) is 29.5 Å². The molecule has 0 fully saturated rings. The van der Waals surface area contributed by atoms with Gasteiger partial charge in [0.15, 0.2) is 0 Å². The number of unbranched alkanes of at least 4 members (excludes halogenated alkanes) is 2. The molecular weight excluding hydrogens is 805 g/mol. The Morgan fingerprint density at radius 3 is 1.49 bits per heavy atom. The van der Waals surface area contributed by atoms with Crippen molar-refractivity contribution >= 4 is 57.3 Å². The first-order valence-electron chi connectivity index (χ1n) is 22.2. The third-order valence-electron chi connectivity index (χ3n) is 11.9. The molecule has 0 bridgehead atoms. The summed E-state index contributed by atoms with van der Waals surface area (Å²) in [6, 6.07) is 8.31. The van der Waals surface area contributed by atoms with E-state index in [9.17, 15) is 33.9 Å². The minimum absolute atomic E-state index is 0.0175. The average molecular weight is 873 g/mol. The summed E-state index contributed by atoms with van der Waals surface area (Å²) in [5.41, 5.74) is 20.8. The highest BCUT2D eigenvalue weighted by molar-refractivity contribution is 5.97. The number of nitrogens with two attached hydrogens (primary N) is 3. The van der Waals surface area contributed by atoms with Crippen molar-refractivity contribution in [3.8, 4) is 0 Å². The molecule has 8 atom stereocenters. The topological polar surface area (TPSA) is 292 Å². The van der Waals surface area contributed by atoms with Crippen molar-refractivity contribution < 1.29 is 33.9 Å². The van der Waals surface area contributed by atoms with Crippen LogP contribution in [0.3, 0.4) is 0 Å². The van der Waals surface area contributed by atoms with Crippen molar-refractivity contribution in [2.24, 2.45) is 29.0 Å². The molecule has 0 unspecified atom stereocenters. The van der Waals surface area contributed by atoms with Gasteiger partial charge in [-0.15, -0.1) is 0 Å². The Morgan fingerprint density at radius 1 is 0.571 bits per heavy atom. The van der Waals surface area contributed by atoms with Crippen molar-refractivity contribution in [2.45, 2.75) is 128 Å². The second-order valence-electron chi connectivity index (χ2n) is 16.6. The van der Waals surface area contributed by atoms with E-state index in [1.165, 1.54) is 0 Å². The Kier molecular flexibility index (Phi) is 19.6. The number of carbonyl (C=O) groups is 6. The molecule has 2 aromatic heterocycles. The number of nitrogens with one attached hydrogen (secondary N) is 7. The number of aromatic nitrogens is 2. The van der Waals surface area contributed by atoms with Crippen LogP contribution in [-0.2, 0) is 41.6 Å². The Morgan fingerprint density at radius 2 is 1.00 bits per heavy atom. The van der Waals surface area contributed by atoms with Crippen LogP contribution < -0.4 is 43.8 Å². The molecule has 4 rings (SSSR count). The first-order valence-corrected chi connectivity index (χ1v) is 22.2. The van der Waals surface area contributed by atoms with Gasteiger partial charge in [-0.25, -0.2) is 4.79 Å². The number of carboxylic acids is 1. The number of amides is 5. The summed E-state index contributed by atoms with van der Waals surface area (Å²) in [6.45, 7) is 8.01. The van der Waals surface area contributed by atoms with Crippen LogP contribution in [0.25, 0.3) is 21.8 Å². The van der Waals surface area contributed by atoms with Gasteiger partial charge in [-0.3, -0.25) is 24.0 Å². The molecule has 63 heavy (non-hydrogen) atoms. The molecule has 0 spiro atoms. The predicted molar refractivity (Wildman–Crippen MR) is 244 cm³/mol. The smallest absolute Gasteiger partial charge is 0.326 e. The maximum absolute atomic E-state index is 14.4. The highest BCUT2D eigenvalue weighted by Crippen LogP contribution is 2.22. The van der Waals surface area contributed by atoms with Crippen LogP contribution in [0.2, 0.25) is 0 Å². The van der Waals surface area contributed by atoms with Gasteiger partial charge in [0, 0.05) is 47.0 Å². The number of carbonyl (C=O) groups excluding carboxylic acids is 5. The Bertz CT molecular complexity index is 2140. The lowest BCUT2D eigenvalue weighted by atomic mass is 9.96. The summed E-state index contributed by atoms with van der Waals surface area (Å²) in [4.78, 5) is 89.0. The molecule has 0 aliphatic rings. The second kappa shape index (κ2) is 24.8. The fourth-order valence-corrected chi connectivity index (χ4v) is 7.57. The quantitative estimate of drug-likeness (QED) is 0.0390. The molecule has 0 aliphatic heterocycles. The lowest BCUT2D eigenvalue weighted by Crippen LogP contribution is -2.61. The molecule has 2 heterocycles. The molecule has 17 heteroatoms. The third kappa shape index (κ3) is 14.1. The number of aromatic amines is 2. The number of hydrogen-bond acceptors (Lipinski definition) is 9. The number of benzene rings is 2. The molecule has 17 nitrogen and oxygen atoms in total. The fraction of sp³-hybridized carbons (Fsp3) is 0.522. The van der Waals surface area contributed by atoms with Gasteiger partial charge in [0.1, 0.15) is 30.2 Å². The van der Waals surface area contributed by atoms with Crippen molar-refractivity contribution in [2.75, 3.05) is 13.1 Å². The molecule has 4 aromatic rings. The van der Waals surface area contributed by atoms with E-state index in [-0.39, 0.29) is 19.3 Å². The van der Waals surface area contributed by atoms with Crippen molar-refractivity contribution in [1.29, 1.82) is 0 Å². The Labute approximate surface area is 369 Å². The van der Waals surface area contributed by atoms with Gasteiger partial charge in [0.25, 0.3) is 0 Å². The molecule has 14 N–H and O–H groups in total. The minimum Gasteiger partial charge on any atom is -0.480 e. The minimum atomic E-state index is -1.22. The summed E-state index contributed by atoms with van der Waals surface area (Å²) in [6.07, 6.45) is 7.44. The Balaban J connectivity index is 1.61. The van der Waals surface area contributed by atoms with E-state index in [1.807, 2.05) is 62.4 Å². The molecular formula is C46H68N10O7. The van der Waals surface area contributed by atoms with Crippen LogP contribution in [-0.4, -0.2) is 99.9 Å². The number of fused-ring (bicyclic) bond motifs is 2.